The number of rotatable bonds is 6. The maximum atomic E-state index is 11.8. The molecule has 1 aromatic carbocycles. The van der Waals surface area contributed by atoms with Gasteiger partial charge in [-0.25, -0.2) is 0 Å². The fraction of sp³-hybridized carbons (Fsp3) is 0.417. The second-order valence-electron chi connectivity index (χ2n) is 3.88. The molecule has 0 saturated carbocycles. The van der Waals surface area contributed by atoms with Crippen LogP contribution in [0.2, 0.25) is 0 Å². The monoisotopic (exact) mass is 292 g/mol. The summed E-state index contributed by atoms with van der Waals surface area (Å²) in [5, 5.41) is 2.43. The summed E-state index contributed by atoms with van der Waals surface area (Å²) in [6.07, 6.45) is -4.37. The number of ether oxygens (including phenoxy) is 2. The van der Waals surface area contributed by atoms with E-state index in [0.29, 0.717) is 17.0 Å². The van der Waals surface area contributed by atoms with E-state index in [1.54, 1.807) is 0 Å². The van der Waals surface area contributed by atoms with Crippen molar-refractivity contribution in [2.24, 2.45) is 0 Å². The lowest BCUT2D eigenvalue weighted by molar-refractivity contribution is -0.173. The molecule has 112 valence electrons. The van der Waals surface area contributed by atoms with Gasteiger partial charge in [-0.2, -0.15) is 13.2 Å². The van der Waals surface area contributed by atoms with Gasteiger partial charge in [-0.15, -0.1) is 0 Å². The third-order valence-corrected chi connectivity index (χ3v) is 2.29. The number of halogens is 3. The molecule has 20 heavy (non-hydrogen) atoms. The van der Waals surface area contributed by atoms with Gasteiger partial charge < -0.3 is 20.5 Å². The van der Waals surface area contributed by atoms with Gasteiger partial charge in [-0.05, 0) is 18.2 Å². The van der Waals surface area contributed by atoms with Crippen LogP contribution in [0.5, 0.6) is 5.75 Å². The molecule has 0 aromatic heterocycles. The molecule has 0 aliphatic rings. The minimum atomic E-state index is -4.37. The van der Waals surface area contributed by atoms with Crippen molar-refractivity contribution in [3.05, 3.63) is 23.8 Å². The lowest BCUT2D eigenvalue weighted by atomic mass is 10.2. The van der Waals surface area contributed by atoms with Crippen molar-refractivity contribution in [3.8, 4) is 5.75 Å². The van der Waals surface area contributed by atoms with Crippen molar-refractivity contribution in [2.45, 2.75) is 6.18 Å². The summed E-state index contributed by atoms with van der Waals surface area (Å²) in [4.78, 5) is 11.7. The highest BCUT2D eigenvalue weighted by atomic mass is 19.4. The van der Waals surface area contributed by atoms with Crippen molar-refractivity contribution in [1.29, 1.82) is 0 Å². The molecule has 0 bridgehead atoms. The van der Waals surface area contributed by atoms with Gasteiger partial charge in [0.2, 0.25) is 0 Å². The number of alkyl halides is 3. The lowest BCUT2D eigenvalue weighted by Gasteiger charge is -2.10. The first-order chi connectivity index (χ1) is 9.33. The smallest absolute Gasteiger partial charge is 0.411 e. The molecule has 0 aliphatic heterocycles. The van der Waals surface area contributed by atoms with E-state index < -0.39 is 18.7 Å². The molecule has 0 unspecified atom stereocenters. The molecule has 3 N–H and O–H groups in total. The SMILES string of the molecule is COc1cc(C(=O)NCCOCC(F)(F)F)ccc1N. The summed E-state index contributed by atoms with van der Waals surface area (Å²) in [6, 6.07) is 4.44. The molecular formula is C12H15F3N2O3. The summed E-state index contributed by atoms with van der Waals surface area (Å²) >= 11 is 0. The molecule has 0 heterocycles. The zero-order valence-electron chi connectivity index (χ0n) is 10.8. The Labute approximate surface area is 113 Å². The number of nitrogens with two attached hydrogens (primary N) is 1. The Morgan fingerprint density at radius 2 is 2.10 bits per heavy atom. The highest BCUT2D eigenvalue weighted by Crippen LogP contribution is 2.21. The number of amides is 1. The molecule has 1 rings (SSSR count). The largest absolute Gasteiger partial charge is 0.495 e. The highest BCUT2D eigenvalue weighted by molar-refractivity contribution is 5.95. The first kappa shape index (κ1) is 16.1. The number of methoxy groups -OCH3 is 1. The normalized spacial score (nSPS) is 11.2. The van der Waals surface area contributed by atoms with Crippen molar-refractivity contribution < 1.29 is 27.4 Å². The Hall–Kier alpha value is -1.96. The Balaban J connectivity index is 2.40. The topological polar surface area (TPSA) is 73.6 Å². The first-order valence-electron chi connectivity index (χ1n) is 5.69. The van der Waals surface area contributed by atoms with Crippen LogP contribution < -0.4 is 15.8 Å². The number of hydrogen-bond donors (Lipinski definition) is 2. The van der Waals surface area contributed by atoms with Crippen LogP contribution in [-0.2, 0) is 4.74 Å². The van der Waals surface area contributed by atoms with E-state index in [0.717, 1.165) is 0 Å². The molecule has 0 fully saturated rings. The Bertz CT molecular complexity index is 464. The summed E-state index contributed by atoms with van der Waals surface area (Å²) in [7, 11) is 1.42. The summed E-state index contributed by atoms with van der Waals surface area (Å²) in [6.45, 7) is -1.59. The van der Waals surface area contributed by atoms with Gasteiger partial charge in [0.1, 0.15) is 12.4 Å². The van der Waals surface area contributed by atoms with E-state index >= 15 is 0 Å². The van der Waals surface area contributed by atoms with Crippen LogP contribution in [0.15, 0.2) is 18.2 Å². The van der Waals surface area contributed by atoms with Crippen LogP contribution in [0.1, 0.15) is 10.4 Å². The molecule has 8 heteroatoms. The zero-order valence-corrected chi connectivity index (χ0v) is 10.8. The van der Waals surface area contributed by atoms with Crippen LogP contribution in [-0.4, -0.2) is 39.0 Å². The van der Waals surface area contributed by atoms with Gasteiger partial charge >= 0.3 is 6.18 Å². The van der Waals surface area contributed by atoms with Crippen LogP contribution in [0, 0.1) is 0 Å². The first-order valence-corrected chi connectivity index (χ1v) is 5.69. The highest BCUT2D eigenvalue weighted by Gasteiger charge is 2.27. The third kappa shape index (κ3) is 5.35. The number of carbonyl (C=O) groups excluding carboxylic acids is 1. The standard InChI is InChI=1S/C12H15F3N2O3/c1-19-10-6-8(2-3-9(10)16)11(18)17-4-5-20-7-12(13,14)15/h2-3,6H,4-5,7,16H2,1H3,(H,17,18). The molecule has 0 radical (unpaired) electrons. The van der Waals surface area contributed by atoms with Crippen LogP contribution in [0.25, 0.3) is 0 Å². The molecule has 1 aromatic rings. The van der Waals surface area contributed by atoms with Gasteiger partial charge in [0.25, 0.3) is 5.91 Å². The van der Waals surface area contributed by atoms with E-state index in [2.05, 4.69) is 10.1 Å². The minimum absolute atomic E-state index is 0.0262. The summed E-state index contributed by atoms with van der Waals surface area (Å²) in [5.74, 6) is -0.0927. The summed E-state index contributed by atoms with van der Waals surface area (Å²) in [5.41, 5.74) is 6.28. The van der Waals surface area contributed by atoms with Crippen LogP contribution in [0.3, 0.4) is 0 Å². The molecule has 0 aliphatic carbocycles. The molecule has 1 amide bonds. The van der Waals surface area contributed by atoms with E-state index in [1.807, 2.05) is 0 Å². The van der Waals surface area contributed by atoms with Gasteiger partial charge in [0, 0.05) is 12.1 Å². The van der Waals surface area contributed by atoms with Gasteiger partial charge in [0.15, 0.2) is 0 Å². The maximum absolute atomic E-state index is 11.8. The lowest BCUT2D eigenvalue weighted by Crippen LogP contribution is -2.28. The van der Waals surface area contributed by atoms with Crippen molar-refractivity contribution in [2.75, 3.05) is 32.6 Å². The predicted octanol–water partition coefficient (Wildman–Crippen LogP) is 1.59. The Morgan fingerprint density at radius 1 is 1.40 bits per heavy atom. The maximum Gasteiger partial charge on any atom is 0.411 e. The van der Waals surface area contributed by atoms with E-state index in [-0.39, 0.29) is 13.2 Å². The molecule has 0 atom stereocenters. The fourth-order valence-electron chi connectivity index (χ4n) is 1.38. The molecule has 5 nitrogen and oxygen atoms in total. The number of nitrogens with one attached hydrogen (secondary N) is 1. The predicted molar refractivity (Wildman–Crippen MR) is 66.6 cm³/mol. The number of benzene rings is 1. The van der Waals surface area contributed by atoms with Crippen LogP contribution in [0.4, 0.5) is 18.9 Å². The Kier molecular flexibility index (Phi) is 5.63. The van der Waals surface area contributed by atoms with Crippen molar-refractivity contribution >= 4 is 11.6 Å². The zero-order chi connectivity index (χ0) is 15.2. The van der Waals surface area contributed by atoms with Gasteiger partial charge in [-0.3, -0.25) is 4.79 Å². The average Bonchev–Trinajstić information content (AvgIpc) is 2.37. The quantitative estimate of drug-likeness (QED) is 0.617. The van der Waals surface area contributed by atoms with Crippen molar-refractivity contribution in [3.63, 3.8) is 0 Å². The van der Waals surface area contributed by atoms with E-state index in [1.165, 1.54) is 25.3 Å². The minimum Gasteiger partial charge on any atom is -0.495 e. The second kappa shape index (κ2) is 6.99. The third-order valence-electron chi connectivity index (χ3n) is 2.29. The molecular weight excluding hydrogens is 277 g/mol. The van der Waals surface area contributed by atoms with E-state index in [4.69, 9.17) is 10.5 Å². The molecule has 0 saturated heterocycles. The van der Waals surface area contributed by atoms with Gasteiger partial charge in [-0.1, -0.05) is 0 Å². The molecule has 0 spiro atoms. The van der Waals surface area contributed by atoms with Gasteiger partial charge in [0.05, 0.1) is 19.4 Å². The number of nitrogen functional groups attached to an aromatic ring is 1. The number of carbonyl (C=O) groups is 1. The number of anilines is 1. The second-order valence-corrected chi connectivity index (χ2v) is 3.88. The Morgan fingerprint density at radius 3 is 2.70 bits per heavy atom. The number of hydrogen-bond acceptors (Lipinski definition) is 4. The van der Waals surface area contributed by atoms with Crippen LogP contribution >= 0.6 is 0 Å². The average molecular weight is 292 g/mol. The fourth-order valence-corrected chi connectivity index (χ4v) is 1.38. The van der Waals surface area contributed by atoms with Crippen molar-refractivity contribution in [1.82, 2.24) is 5.32 Å². The van der Waals surface area contributed by atoms with E-state index in [9.17, 15) is 18.0 Å². The summed E-state index contributed by atoms with van der Waals surface area (Å²) < 4.78 is 44.7.